The second-order valence-corrected chi connectivity index (χ2v) is 8.37. The Labute approximate surface area is 198 Å². The molecular formula is C25H26Cl2N2O3. The molecule has 0 spiro atoms. The number of morpholine rings is 1. The normalized spacial score (nSPS) is 13.7. The Morgan fingerprint density at radius 2 is 1.75 bits per heavy atom. The molecule has 3 aromatic rings. The predicted octanol–water partition coefficient (Wildman–Crippen LogP) is 6.03. The Morgan fingerprint density at radius 1 is 0.969 bits per heavy atom. The van der Waals surface area contributed by atoms with E-state index in [0.29, 0.717) is 34.7 Å². The van der Waals surface area contributed by atoms with E-state index in [-0.39, 0.29) is 0 Å². The van der Waals surface area contributed by atoms with Gasteiger partial charge in [0.2, 0.25) is 0 Å². The van der Waals surface area contributed by atoms with E-state index in [0.717, 1.165) is 43.1 Å². The minimum Gasteiger partial charge on any atom is -0.493 e. The molecule has 0 bridgehead atoms. The number of rotatable bonds is 8. The molecule has 3 aromatic carbocycles. The second-order valence-electron chi connectivity index (χ2n) is 7.53. The van der Waals surface area contributed by atoms with Gasteiger partial charge >= 0.3 is 0 Å². The average Bonchev–Trinajstić information content (AvgIpc) is 2.82. The van der Waals surface area contributed by atoms with Gasteiger partial charge in [0.25, 0.3) is 0 Å². The van der Waals surface area contributed by atoms with Crippen LogP contribution in [-0.4, -0.2) is 33.4 Å². The molecule has 0 aromatic heterocycles. The molecule has 1 saturated heterocycles. The van der Waals surface area contributed by atoms with Gasteiger partial charge in [0.1, 0.15) is 6.61 Å². The smallest absolute Gasteiger partial charge is 0.180 e. The highest BCUT2D eigenvalue weighted by Gasteiger charge is 2.13. The molecule has 1 heterocycles. The van der Waals surface area contributed by atoms with Crippen molar-refractivity contribution in [3.05, 3.63) is 81.8 Å². The summed E-state index contributed by atoms with van der Waals surface area (Å²) in [5.74, 6) is 1.12. The van der Waals surface area contributed by atoms with Crippen LogP contribution >= 0.6 is 23.2 Å². The lowest BCUT2D eigenvalue weighted by atomic mass is 10.2. The van der Waals surface area contributed by atoms with Gasteiger partial charge in [-0.15, -0.1) is 0 Å². The van der Waals surface area contributed by atoms with Crippen LogP contribution in [0.4, 0.5) is 11.4 Å². The van der Waals surface area contributed by atoms with E-state index in [2.05, 4.69) is 34.5 Å². The summed E-state index contributed by atoms with van der Waals surface area (Å²) in [4.78, 5) is 2.33. The van der Waals surface area contributed by atoms with Crippen LogP contribution < -0.4 is 19.7 Å². The fraction of sp³-hybridized carbons (Fsp3) is 0.280. The molecule has 32 heavy (non-hydrogen) atoms. The maximum Gasteiger partial charge on any atom is 0.180 e. The first-order chi connectivity index (χ1) is 15.6. The summed E-state index contributed by atoms with van der Waals surface area (Å²) in [5, 5.41) is 4.62. The number of halogens is 2. The second kappa shape index (κ2) is 10.8. The molecular weight excluding hydrogens is 447 g/mol. The lowest BCUT2D eigenvalue weighted by Crippen LogP contribution is -2.36. The van der Waals surface area contributed by atoms with Crippen molar-refractivity contribution in [2.75, 3.05) is 43.6 Å². The van der Waals surface area contributed by atoms with Crippen molar-refractivity contribution in [1.29, 1.82) is 0 Å². The van der Waals surface area contributed by atoms with Crippen LogP contribution in [0.15, 0.2) is 60.7 Å². The van der Waals surface area contributed by atoms with Gasteiger partial charge in [-0.3, -0.25) is 0 Å². The fourth-order valence-corrected chi connectivity index (χ4v) is 4.11. The lowest BCUT2D eigenvalue weighted by Gasteiger charge is -2.29. The lowest BCUT2D eigenvalue weighted by molar-refractivity contribution is 0.122. The van der Waals surface area contributed by atoms with Gasteiger partial charge in [0.05, 0.1) is 25.3 Å². The van der Waals surface area contributed by atoms with E-state index in [9.17, 15) is 0 Å². The van der Waals surface area contributed by atoms with Gasteiger partial charge in [0.15, 0.2) is 11.5 Å². The van der Waals surface area contributed by atoms with E-state index >= 15 is 0 Å². The van der Waals surface area contributed by atoms with Gasteiger partial charge in [-0.25, -0.2) is 0 Å². The Hall–Kier alpha value is -2.60. The van der Waals surface area contributed by atoms with E-state index in [1.165, 1.54) is 5.69 Å². The van der Waals surface area contributed by atoms with Crippen LogP contribution in [0, 0.1) is 0 Å². The number of methoxy groups -OCH3 is 1. The van der Waals surface area contributed by atoms with Gasteiger partial charge in [-0.05, 0) is 59.7 Å². The summed E-state index contributed by atoms with van der Waals surface area (Å²) < 4.78 is 16.9. The summed E-state index contributed by atoms with van der Waals surface area (Å²) in [6.07, 6.45) is 0. The molecule has 168 valence electrons. The van der Waals surface area contributed by atoms with Gasteiger partial charge in [-0.2, -0.15) is 0 Å². The van der Waals surface area contributed by atoms with Crippen LogP contribution in [0.2, 0.25) is 10.0 Å². The van der Waals surface area contributed by atoms with Crippen LogP contribution in [0.5, 0.6) is 11.5 Å². The van der Waals surface area contributed by atoms with Gasteiger partial charge < -0.3 is 24.4 Å². The molecule has 1 aliphatic rings. The number of benzene rings is 3. The summed E-state index contributed by atoms with van der Waals surface area (Å²) in [7, 11) is 1.61. The molecule has 1 fully saturated rings. The third-order valence-electron chi connectivity index (χ3n) is 5.30. The Morgan fingerprint density at radius 3 is 2.47 bits per heavy atom. The van der Waals surface area contributed by atoms with E-state index in [1.807, 2.05) is 36.4 Å². The number of nitrogens with one attached hydrogen (secondary N) is 1. The fourth-order valence-electron chi connectivity index (χ4n) is 3.61. The van der Waals surface area contributed by atoms with Crippen LogP contribution in [0.3, 0.4) is 0 Å². The Bertz CT molecular complexity index is 1040. The summed E-state index contributed by atoms with van der Waals surface area (Å²) in [5.41, 5.74) is 4.21. The molecule has 0 saturated carbocycles. The SMILES string of the molecule is COc1cc(CNc2ccc(N3CCOCC3)cc2)cc(Cl)c1OCc1cccc(Cl)c1. The van der Waals surface area contributed by atoms with Crippen molar-refractivity contribution >= 4 is 34.6 Å². The minimum absolute atomic E-state index is 0.351. The number of ether oxygens (including phenoxy) is 3. The number of hydrogen-bond donors (Lipinski definition) is 1. The highest BCUT2D eigenvalue weighted by atomic mass is 35.5. The molecule has 0 unspecified atom stereocenters. The molecule has 1 aliphatic heterocycles. The van der Waals surface area contributed by atoms with Gasteiger partial charge in [0, 0.05) is 36.0 Å². The molecule has 0 aliphatic carbocycles. The first-order valence-corrected chi connectivity index (χ1v) is 11.3. The Balaban J connectivity index is 1.39. The molecule has 0 atom stereocenters. The highest BCUT2D eigenvalue weighted by molar-refractivity contribution is 6.32. The zero-order valence-corrected chi connectivity index (χ0v) is 19.5. The van der Waals surface area contributed by atoms with Crippen molar-refractivity contribution in [3.63, 3.8) is 0 Å². The first-order valence-electron chi connectivity index (χ1n) is 10.5. The molecule has 4 rings (SSSR count). The topological polar surface area (TPSA) is 43.0 Å². The Kier molecular flexibility index (Phi) is 7.63. The van der Waals surface area contributed by atoms with Crippen LogP contribution in [0.25, 0.3) is 0 Å². The van der Waals surface area contributed by atoms with Crippen LogP contribution in [-0.2, 0) is 17.9 Å². The molecule has 1 N–H and O–H groups in total. The average molecular weight is 473 g/mol. The monoisotopic (exact) mass is 472 g/mol. The minimum atomic E-state index is 0.351. The third-order valence-corrected chi connectivity index (χ3v) is 5.82. The van der Waals surface area contributed by atoms with Crippen LogP contribution in [0.1, 0.15) is 11.1 Å². The third kappa shape index (κ3) is 5.80. The van der Waals surface area contributed by atoms with Crippen molar-refractivity contribution < 1.29 is 14.2 Å². The number of nitrogens with zero attached hydrogens (tertiary/aromatic N) is 1. The molecule has 0 amide bonds. The largest absolute Gasteiger partial charge is 0.493 e. The van der Waals surface area contributed by atoms with E-state index in [4.69, 9.17) is 37.4 Å². The highest BCUT2D eigenvalue weighted by Crippen LogP contribution is 2.37. The maximum absolute atomic E-state index is 6.52. The van der Waals surface area contributed by atoms with Gasteiger partial charge in [-0.1, -0.05) is 35.3 Å². The van der Waals surface area contributed by atoms with Crippen molar-refractivity contribution in [2.45, 2.75) is 13.2 Å². The maximum atomic E-state index is 6.52. The summed E-state index contributed by atoms with van der Waals surface area (Å²) in [6.45, 7) is 4.38. The predicted molar refractivity (Wildman–Crippen MR) is 131 cm³/mol. The molecule has 0 radical (unpaired) electrons. The number of hydrogen-bond acceptors (Lipinski definition) is 5. The van der Waals surface area contributed by atoms with Crippen molar-refractivity contribution in [1.82, 2.24) is 0 Å². The van der Waals surface area contributed by atoms with Crippen molar-refractivity contribution in [3.8, 4) is 11.5 Å². The summed E-state index contributed by atoms with van der Waals surface area (Å²) >= 11 is 12.6. The standard InChI is InChI=1S/C25H26Cl2N2O3/c1-30-24-15-19(14-23(27)25(24)32-17-18-3-2-4-20(26)13-18)16-28-21-5-7-22(8-6-21)29-9-11-31-12-10-29/h2-8,13-15,28H,9-12,16-17H2,1H3. The molecule has 7 heteroatoms. The van der Waals surface area contributed by atoms with E-state index < -0.39 is 0 Å². The number of anilines is 2. The first kappa shape index (κ1) is 22.6. The van der Waals surface area contributed by atoms with E-state index in [1.54, 1.807) is 7.11 Å². The van der Waals surface area contributed by atoms with Crippen molar-refractivity contribution in [2.24, 2.45) is 0 Å². The zero-order valence-electron chi connectivity index (χ0n) is 17.9. The quantitative estimate of drug-likeness (QED) is 0.433. The zero-order chi connectivity index (χ0) is 22.3. The summed E-state index contributed by atoms with van der Waals surface area (Å²) in [6, 6.07) is 19.8. The molecule has 5 nitrogen and oxygen atoms in total.